The van der Waals surface area contributed by atoms with Gasteiger partial charge in [-0.05, 0) is 34.9 Å². The van der Waals surface area contributed by atoms with Crippen molar-refractivity contribution in [2.75, 3.05) is 0 Å². The second-order valence-corrected chi connectivity index (χ2v) is 5.25. The van der Waals surface area contributed by atoms with Crippen LogP contribution in [0.5, 0.6) is 0 Å². The van der Waals surface area contributed by atoms with Crippen molar-refractivity contribution in [2.24, 2.45) is 20.9 Å². The van der Waals surface area contributed by atoms with E-state index in [4.69, 9.17) is 10.3 Å². The molecule has 0 fully saturated rings. The predicted molar refractivity (Wildman–Crippen MR) is 84.8 cm³/mol. The van der Waals surface area contributed by atoms with E-state index in [0.29, 0.717) is 17.4 Å². The summed E-state index contributed by atoms with van der Waals surface area (Å²) in [5, 5.41) is 4.45. The normalized spacial score (nSPS) is 22.9. The highest BCUT2D eigenvalue weighted by Gasteiger charge is 2.40. The molecule has 2 aliphatic heterocycles. The summed E-state index contributed by atoms with van der Waals surface area (Å²) in [6.45, 7) is 2.04. The van der Waals surface area contributed by atoms with Crippen LogP contribution < -0.4 is 5.84 Å². The Morgan fingerprint density at radius 1 is 1.18 bits per heavy atom. The predicted octanol–water partition coefficient (Wildman–Crippen LogP) is 2.44. The van der Waals surface area contributed by atoms with Crippen LogP contribution in [-0.4, -0.2) is 22.6 Å². The largest absolute Gasteiger partial charge is 0.461 e. The van der Waals surface area contributed by atoms with Gasteiger partial charge in [0.2, 0.25) is 0 Å². The fourth-order valence-corrected chi connectivity index (χ4v) is 2.45. The molecule has 1 aromatic carbocycles. The zero-order chi connectivity index (χ0) is 15.2. The quantitative estimate of drug-likeness (QED) is 0.681. The van der Waals surface area contributed by atoms with Crippen molar-refractivity contribution in [3.05, 3.63) is 65.7 Å². The number of hydrogen-bond acceptors (Lipinski definition) is 5. The Kier molecular flexibility index (Phi) is 2.69. The van der Waals surface area contributed by atoms with E-state index in [1.807, 2.05) is 25.1 Å². The van der Waals surface area contributed by atoms with Gasteiger partial charge in [-0.25, -0.2) is 4.99 Å². The minimum atomic E-state index is -0.247. The molecule has 2 N–H and O–H groups in total. The first kappa shape index (κ1) is 12.9. The Morgan fingerprint density at radius 2 is 2.09 bits per heavy atom. The van der Waals surface area contributed by atoms with Gasteiger partial charge in [0.1, 0.15) is 11.9 Å². The summed E-state index contributed by atoms with van der Waals surface area (Å²) in [6.07, 6.45) is 5.01. The van der Waals surface area contributed by atoms with E-state index < -0.39 is 0 Å². The van der Waals surface area contributed by atoms with Crippen molar-refractivity contribution in [1.29, 1.82) is 0 Å². The topological polar surface area (TPSA) is 76.2 Å². The fourth-order valence-electron chi connectivity index (χ4n) is 2.45. The number of amidine groups is 2. The maximum absolute atomic E-state index is 6.34. The molecule has 1 atom stereocenters. The molecule has 1 unspecified atom stereocenters. The molecular formula is C16H14N5O+. The standard InChI is InChI=1S/C16H14N5O/c1-11-4-2-5-12(8-11)13-10-21(17)15(9-18-13)19-16(20-21)14-6-3-7-22-14/h2-10H,17H2,1H3/q+1. The third kappa shape index (κ3) is 2.02. The minimum Gasteiger partial charge on any atom is -0.461 e. The summed E-state index contributed by atoms with van der Waals surface area (Å²) in [4.78, 5) is 8.85. The highest BCUT2D eigenvalue weighted by atomic mass is 16.3. The second-order valence-electron chi connectivity index (χ2n) is 5.25. The van der Waals surface area contributed by atoms with Crippen LogP contribution in [0.3, 0.4) is 0 Å². The van der Waals surface area contributed by atoms with Gasteiger partial charge in [0.15, 0.2) is 12.0 Å². The Hall–Kier alpha value is -2.83. The number of hydrogen-bond donors (Lipinski definition) is 1. The van der Waals surface area contributed by atoms with Crippen LogP contribution >= 0.6 is 0 Å². The summed E-state index contributed by atoms with van der Waals surface area (Å²) in [5.41, 5.74) is 2.94. The summed E-state index contributed by atoms with van der Waals surface area (Å²) in [5.74, 6) is 7.95. The van der Waals surface area contributed by atoms with E-state index in [2.05, 4.69) is 21.2 Å². The van der Waals surface area contributed by atoms with Crippen molar-refractivity contribution in [2.45, 2.75) is 6.92 Å². The molecule has 2 aliphatic rings. The highest BCUT2D eigenvalue weighted by molar-refractivity contribution is 6.32. The Balaban J connectivity index is 1.77. The molecule has 4 rings (SSSR count). The number of furan rings is 1. The fraction of sp³-hybridized carbons (Fsp3) is 0.0625. The van der Waals surface area contributed by atoms with Crippen LogP contribution in [0.4, 0.5) is 0 Å². The monoisotopic (exact) mass is 292 g/mol. The number of aryl methyl sites for hydroxylation is 1. The van der Waals surface area contributed by atoms with E-state index in [1.165, 1.54) is 0 Å². The zero-order valence-electron chi connectivity index (χ0n) is 12.0. The van der Waals surface area contributed by atoms with Crippen LogP contribution in [0.2, 0.25) is 0 Å². The Labute approximate surface area is 127 Å². The lowest BCUT2D eigenvalue weighted by atomic mass is 10.1. The number of quaternary nitrogens is 1. The molecule has 1 aromatic heterocycles. The lowest BCUT2D eigenvalue weighted by Gasteiger charge is -2.19. The van der Waals surface area contributed by atoms with E-state index in [0.717, 1.165) is 16.8 Å². The number of aliphatic imine (C=N–C) groups is 2. The first-order chi connectivity index (χ1) is 10.6. The van der Waals surface area contributed by atoms with Gasteiger partial charge in [-0.1, -0.05) is 23.8 Å². The van der Waals surface area contributed by atoms with Gasteiger partial charge in [0, 0.05) is 5.56 Å². The van der Waals surface area contributed by atoms with Gasteiger partial charge < -0.3 is 4.42 Å². The first-order valence-corrected chi connectivity index (χ1v) is 6.89. The number of nitrogens with two attached hydrogens (primary N) is 1. The smallest absolute Gasteiger partial charge is 0.300 e. The maximum atomic E-state index is 6.34. The molecule has 0 bridgehead atoms. The average molecular weight is 292 g/mol. The van der Waals surface area contributed by atoms with Crippen molar-refractivity contribution in [3.8, 4) is 0 Å². The van der Waals surface area contributed by atoms with E-state index in [-0.39, 0.29) is 4.70 Å². The van der Waals surface area contributed by atoms with Crippen molar-refractivity contribution >= 4 is 23.6 Å². The minimum absolute atomic E-state index is 0.247. The van der Waals surface area contributed by atoms with Gasteiger partial charge in [0.25, 0.3) is 11.7 Å². The zero-order valence-corrected chi connectivity index (χ0v) is 12.0. The molecule has 6 nitrogen and oxygen atoms in total. The third-order valence-corrected chi connectivity index (χ3v) is 3.54. The number of benzene rings is 1. The molecule has 22 heavy (non-hydrogen) atoms. The van der Waals surface area contributed by atoms with Crippen LogP contribution in [-0.2, 0) is 0 Å². The van der Waals surface area contributed by atoms with Gasteiger partial charge in [-0.3, -0.25) is 0 Å². The number of fused-ring (bicyclic) bond motifs is 1. The Bertz CT molecular complexity index is 860. The van der Waals surface area contributed by atoms with Gasteiger partial charge in [-0.15, -0.1) is 5.84 Å². The van der Waals surface area contributed by atoms with Crippen LogP contribution in [0, 0.1) is 6.92 Å². The number of nitrogens with zero attached hydrogens (tertiary/aromatic N) is 4. The van der Waals surface area contributed by atoms with Crippen LogP contribution in [0.15, 0.2) is 68.4 Å². The maximum Gasteiger partial charge on any atom is 0.300 e. The summed E-state index contributed by atoms with van der Waals surface area (Å²) in [6, 6.07) is 11.7. The molecule has 0 radical (unpaired) electrons. The van der Waals surface area contributed by atoms with Gasteiger partial charge >= 0.3 is 0 Å². The van der Waals surface area contributed by atoms with Crippen molar-refractivity contribution in [1.82, 2.24) is 0 Å². The first-order valence-electron chi connectivity index (χ1n) is 6.89. The third-order valence-electron chi connectivity index (χ3n) is 3.54. The molecule has 3 heterocycles. The van der Waals surface area contributed by atoms with Gasteiger partial charge in [0.05, 0.1) is 6.26 Å². The molecule has 2 aromatic rings. The van der Waals surface area contributed by atoms with E-state index in [1.54, 1.807) is 30.8 Å². The molecule has 0 saturated carbocycles. The van der Waals surface area contributed by atoms with Crippen molar-refractivity contribution < 1.29 is 9.12 Å². The summed E-state index contributed by atoms with van der Waals surface area (Å²) < 4.78 is 5.08. The lowest BCUT2D eigenvalue weighted by molar-refractivity contribution is -0.802. The molecule has 0 aliphatic carbocycles. The lowest BCUT2D eigenvalue weighted by Crippen LogP contribution is -2.50. The molecule has 0 amide bonds. The molecule has 6 heteroatoms. The molecule has 0 spiro atoms. The summed E-state index contributed by atoms with van der Waals surface area (Å²) in [7, 11) is 0. The van der Waals surface area contributed by atoms with Gasteiger partial charge in [-0.2, -0.15) is 4.99 Å². The van der Waals surface area contributed by atoms with Crippen LogP contribution in [0.25, 0.3) is 5.70 Å². The SMILES string of the molecule is Cc1cccc(C2=C[N+]3(N)N=C(c4ccco4)N=C3C=N2)c1. The molecule has 108 valence electrons. The summed E-state index contributed by atoms with van der Waals surface area (Å²) >= 11 is 0. The number of rotatable bonds is 2. The van der Waals surface area contributed by atoms with E-state index in [9.17, 15) is 0 Å². The Morgan fingerprint density at radius 3 is 2.86 bits per heavy atom. The second kappa shape index (κ2) is 4.59. The van der Waals surface area contributed by atoms with E-state index >= 15 is 0 Å². The highest BCUT2D eigenvalue weighted by Crippen LogP contribution is 2.26. The van der Waals surface area contributed by atoms with Crippen molar-refractivity contribution in [3.63, 3.8) is 0 Å². The molecule has 0 saturated heterocycles. The van der Waals surface area contributed by atoms with Crippen LogP contribution in [0.1, 0.15) is 16.9 Å². The molecular weight excluding hydrogens is 278 g/mol. The average Bonchev–Trinajstić information content (AvgIpc) is 3.12.